The van der Waals surface area contributed by atoms with Crippen LogP contribution in [-0.4, -0.2) is 28.9 Å². The maximum absolute atomic E-state index is 11.5. The van der Waals surface area contributed by atoms with Crippen molar-refractivity contribution in [3.63, 3.8) is 0 Å². The Bertz CT molecular complexity index is 915. The molecule has 4 rings (SSSR count). The average molecular weight is 348 g/mol. The van der Waals surface area contributed by atoms with E-state index in [1.165, 1.54) is 22.0 Å². The van der Waals surface area contributed by atoms with Crippen molar-refractivity contribution in [3.05, 3.63) is 65.9 Å². The summed E-state index contributed by atoms with van der Waals surface area (Å²) < 4.78 is 5.37. The van der Waals surface area contributed by atoms with Gasteiger partial charge < -0.3 is 9.72 Å². The van der Waals surface area contributed by atoms with Gasteiger partial charge in [0, 0.05) is 36.6 Å². The number of esters is 1. The number of carbonyl (C=O) groups excluding carboxylic acids is 1. The minimum absolute atomic E-state index is 0.186. The fourth-order valence-electron chi connectivity index (χ4n) is 3.79. The molecule has 4 nitrogen and oxygen atoms in total. The van der Waals surface area contributed by atoms with Crippen LogP contribution in [0.4, 0.5) is 0 Å². The zero-order valence-electron chi connectivity index (χ0n) is 15.1. The molecule has 1 aliphatic rings. The van der Waals surface area contributed by atoms with E-state index < -0.39 is 0 Å². The third kappa shape index (κ3) is 3.51. The Morgan fingerprint density at radius 2 is 2.12 bits per heavy atom. The molecule has 3 aromatic rings. The number of likely N-dealkylation sites (tertiary alicyclic amines) is 1. The largest absolute Gasteiger partial charge is 0.427 e. The molecule has 0 bridgehead atoms. The number of ether oxygens (including phenoxy) is 1. The van der Waals surface area contributed by atoms with Gasteiger partial charge in [-0.2, -0.15) is 0 Å². The number of rotatable bonds is 5. The topological polar surface area (TPSA) is 45.3 Å². The van der Waals surface area contributed by atoms with Crippen LogP contribution < -0.4 is 4.74 Å². The smallest absolute Gasteiger partial charge is 0.310 e. The van der Waals surface area contributed by atoms with Crippen LogP contribution in [0.5, 0.6) is 5.75 Å². The second-order valence-corrected chi connectivity index (χ2v) is 6.98. The first kappa shape index (κ1) is 16.9. The van der Waals surface area contributed by atoms with Gasteiger partial charge in [-0.15, -0.1) is 0 Å². The van der Waals surface area contributed by atoms with Gasteiger partial charge in [-0.05, 0) is 48.2 Å². The number of aromatic amines is 1. The molecule has 1 aliphatic heterocycles. The number of aromatic nitrogens is 1. The van der Waals surface area contributed by atoms with Crippen LogP contribution >= 0.6 is 0 Å². The lowest BCUT2D eigenvalue weighted by Crippen LogP contribution is -2.19. The van der Waals surface area contributed by atoms with Crippen LogP contribution in [-0.2, 0) is 11.3 Å². The van der Waals surface area contributed by atoms with E-state index in [1.54, 1.807) is 0 Å². The summed E-state index contributed by atoms with van der Waals surface area (Å²) in [5.41, 5.74) is 3.81. The Balaban J connectivity index is 1.44. The lowest BCUT2D eigenvalue weighted by molar-refractivity contribution is -0.134. The van der Waals surface area contributed by atoms with E-state index in [-0.39, 0.29) is 5.97 Å². The zero-order chi connectivity index (χ0) is 17.9. The lowest BCUT2D eigenvalue weighted by Gasteiger charge is -2.16. The molecule has 0 aliphatic carbocycles. The minimum Gasteiger partial charge on any atom is -0.427 e. The second kappa shape index (κ2) is 7.34. The lowest BCUT2D eigenvalue weighted by atomic mass is 9.98. The fraction of sp³-hybridized carbons (Fsp3) is 0.318. The molecule has 1 unspecified atom stereocenters. The van der Waals surface area contributed by atoms with E-state index in [4.69, 9.17) is 4.74 Å². The van der Waals surface area contributed by atoms with Crippen molar-refractivity contribution in [2.24, 2.45) is 0 Å². The normalized spacial score (nSPS) is 17.7. The van der Waals surface area contributed by atoms with Crippen LogP contribution in [0.25, 0.3) is 10.9 Å². The Morgan fingerprint density at radius 1 is 1.23 bits per heavy atom. The first-order valence-electron chi connectivity index (χ1n) is 9.31. The molecule has 1 saturated heterocycles. The zero-order valence-corrected chi connectivity index (χ0v) is 15.1. The second-order valence-electron chi connectivity index (χ2n) is 6.98. The Morgan fingerprint density at radius 3 is 3.00 bits per heavy atom. The predicted molar refractivity (Wildman–Crippen MR) is 103 cm³/mol. The maximum Gasteiger partial charge on any atom is 0.310 e. The summed E-state index contributed by atoms with van der Waals surface area (Å²) in [5, 5.41) is 1.31. The highest BCUT2D eigenvalue weighted by molar-refractivity contribution is 5.83. The van der Waals surface area contributed by atoms with Gasteiger partial charge in [0.25, 0.3) is 0 Å². The van der Waals surface area contributed by atoms with Gasteiger partial charge in [-0.25, -0.2) is 0 Å². The standard InChI is InChI=1S/C22H24N2O2/c1-2-22(25)26-19-7-5-6-16(12-19)17-10-11-24(14-17)15-18-13-23-21-9-4-3-8-20(18)21/h3-9,12-13,17,23H,2,10-11,14-15H2,1H3. The molecule has 0 radical (unpaired) electrons. The Labute approximate surface area is 153 Å². The third-order valence-corrected chi connectivity index (χ3v) is 5.19. The van der Waals surface area contributed by atoms with Crippen LogP contribution in [0.2, 0.25) is 0 Å². The first-order chi connectivity index (χ1) is 12.7. The number of carbonyl (C=O) groups is 1. The molecule has 4 heteroatoms. The predicted octanol–water partition coefficient (Wildman–Crippen LogP) is 4.47. The van der Waals surface area contributed by atoms with Gasteiger partial charge in [-0.3, -0.25) is 9.69 Å². The Hall–Kier alpha value is -2.59. The fourth-order valence-corrected chi connectivity index (χ4v) is 3.79. The first-order valence-corrected chi connectivity index (χ1v) is 9.31. The number of para-hydroxylation sites is 1. The number of nitrogens with zero attached hydrogens (tertiary/aromatic N) is 1. The highest BCUT2D eigenvalue weighted by Crippen LogP contribution is 2.31. The number of hydrogen-bond donors (Lipinski definition) is 1. The van der Waals surface area contributed by atoms with E-state index in [0.717, 1.165) is 26.1 Å². The monoisotopic (exact) mass is 348 g/mol. The van der Waals surface area contributed by atoms with Gasteiger partial charge in [0.1, 0.15) is 5.75 Å². The third-order valence-electron chi connectivity index (χ3n) is 5.19. The number of nitrogens with one attached hydrogen (secondary N) is 1. The average Bonchev–Trinajstić information content (AvgIpc) is 3.30. The summed E-state index contributed by atoms with van der Waals surface area (Å²) in [7, 11) is 0. The maximum atomic E-state index is 11.5. The highest BCUT2D eigenvalue weighted by Gasteiger charge is 2.24. The molecule has 26 heavy (non-hydrogen) atoms. The van der Waals surface area contributed by atoms with Gasteiger partial charge in [-0.1, -0.05) is 37.3 Å². The van der Waals surface area contributed by atoms with Crippen LogP contribution in [0.1, 0.15) is 36.8 Å². The summed E-state index contributed by atoms with van der Waals surface area (Å²) >= 11 is 0. The molecule has 0 saturated carbocycles. The highest BCUT2D eigenvalue weighted by atomic mass is 16.5. The van der Waals surface area contributed by atoms with Gasteiger partial charge in [0.05, 0.1) is 0 Å². The van der Waals surface area contributed by atoms with Crippen molar-refractivity contribution >= 4 is 16.9 Å². The molecule has 134 valence electrons. The van der Waals surface area contributed by atoms with Crippen LogP contribution in [0, 0.1) is 0 Å². The minimum atomic E-state index is -0.186. The molecule has 1 atom stereocenters. The van der Waals surface area contributed by atoms with Crippen molar-refractivity contribution < 1.29 is 9.53 Å². The number of fused-ring (bicyclic) bond motifs is 1. The van der Waals surface area contributed by atoms with Crippen molar-refractivity contribution in [1.82, 2.24) is 9.88 Å². The van der Waals surface area contributed by atoms with E-state index in [0.29, 0.717) is 18.1 Å². The van der Waals surface area contributed by atoms with Crippen molar-refractivity contribution in [1.29, 1.82) is 0 Å². The molecule has 2 heterocycles. The van der Waals surface area contributed by atoms with Gasteiger partial charge in [0.15, 0.2) is 0 Å². The molecular weight excluding hydrogens is 324 g/mol. The SMILES string of the molecule is CCC(=O)Oc1cccc(C2CCN(Cc3c[nH]c4ccccc34)C2)c1. The van der Waals surface area contributed by atoms with Crippen LogP contribution in [0.15, 0.2) is 54.7 Å². The van der Waals surface area contributed by atoms with Crippen LogP contribution in [0.3, 0.4) is 0 Å². The summed E-state index contributed by atoms with van der Waals surface area (Å²) in [6, 6.07) is 16.5. The molecule has 1 aromatic heterocycles. The molecule has 0 amide bonds. The molecule has 1 N–H and O–H groups in total. The van der Waals surface area contributed by atoms with Crippen molar-refractivity contribution in [3.8, 4) is 5.75 Å². The van der Waals surface area contributed by atoms with Gasteiger partial charge in [0.2, 0.25) is 0 Å². The molecule has 1 fully saturated rings. The molecular formula is C22H24N2O2. The summed E-state index contributed by atoms with van der Waals surface area (Å²) in [6.45, 7) is 4.89. The van der Waals surface area contributed by atoms with E-state index >= 15 is 0 Å². The summed E-state index contributed by atoms with van der Waals surface area (Å²) in [4.78, 5) is 17.4. The summed E-state index contributed by atoms with van der Waals surface area (Å²) in [6.07, 6.45) is 3.66. The number of benzene rings is 2. The number of H-pyrrole nitrogens is 1. The Kier molecular flexibility index (Phi) is 4.76. The molecule has 2 aromatic carbocycles. The van der Waals surface area contributed by atoms with E-state index in [2.05, 4.69) is 46.4 Å². The van der Waals surface area contributed by atoms with Gasteiger partial charge >= 0.3 is 5.97 Å². The molecule has 0 spiro atoms. The van der Waals surface area contributed by atoms with Crippen molar-refractivity contribution in [2.45, 2.75) is 32.2 Å². The quantitative estimate of drug-likeness (QED) is 0.546. The van der Waals surface area contributed by atoms with E-state index in [1.807, 2.05) is 25.1 Å². The number of hydrogen-bond acceptors (Lipinski definition) is 3. The van der Waals surface area contributed by atoms with Crippen molar-refractivity contribution in [2.75, 3.05) is 13.1 Å². The van der Waals surface area contributed by atoms with E-state index in [9.17, 15) is 4.79 Å². The summed E-state index contributed by atoms with van der Waals surface area (Å²) in [5.74, 6) is 0.958.